The minimum atomic E-state index is -3.79. The van der Waals surface area contributed by atoms with Crippen LogP contribution in [0.3, 0.4) is 0 Å². The molecule has 0 bridgehead atoms. The smallest absolute Gasteiger partial charge is 0.244 e. The van der Waals surface area contributed by atoms with Crippen molar-refractivity contribution in [2.45, 2.75) is 44.6 Å². The Morgan fingerprint density at radius 1 is 1.10 bits per heavy atom. The molecule has 0 radical (unpaired) electrons. The van der Waals surface area contributed by atoms with Crippen molar-refractivity contribution in [1.29, 1.82) is 0 Å². The van der Waals surface area contributed by atoms with Gasteiger partial charge in [0.2, 0.25) is 15.9 Å². The molecule has 1 aliphatic heterocycles. The first-order valence-corrected chi connectivity index (χ1v) is 11.5. The Hall–Kier alpha value is -2.77. The average Bonchev–Trinajstić information content (AvgIpc) is 3.18. The molecule has 0 saturated carbocycles. The molecular weight excluding hydrogens is 398 g/mol. The van der Waals surface area contributed by atoms with Crippen molar-refractivity contribution in [2.75, 3.05) is 11.9 Å². The number of carbonyl (C=O) groups excluding carboxylic acids is 1. The highest BCUT2D eigenvalue weighted by atomic mass is 32.2. The van der Waals surface area contributed by atoms with E-state index in [0.29, 0.717) is 46.6 Å². The van der Waals surface area contributed by atoms with Crippen molar-refractivity contribution in [3.05, 3.63) is 65.4 Å². The van der Waals surface area contributed by atoms with Gasteiger partial charge in [-0.05, 0) is 56.9 Å². The van der Waals surface area contributed by atoms with E-state index in [1.54, 1.807) is 26.1 Å². The number of amides is 1. The monoisotopic (exact) mass is 423 g/mol. The van der Waals surface area contributed by atoms with Crippen LogP contribution in [0.5, 0.6) is 0 Å². The summed E-state index contributed by atoms with van der Waals surface area (Å²) in [5.74, 6) is -0.323. The van der Waals surface area contributed by atoms with E-state index in [0.717, 1.165) is 10.9 Å². The maximum Gasteiger partial charge on any atom is 0.244 e. The summed E-state index contributed by atoms with van der Waals surface area (Å²) in [6.45, 7) is 5.89. The number of nitrogens with one attached hydrogen (secondary N) is 1. The standard InChI is InChI=1S/C23H25N3O3S/c1-15-13-16(2)22(17(3)14-15)30(28,29)26-12-6-10-20(26)23(27)25-19-9-4-7-18-8-5-11-24-21(18)19/h4-5,7-9,11,13-14,20H,6,10,12H2,1-3H3,(H,25,27). The lowest BCUT2D eigenvalue weighted by molar-refractivity contribution is -0.119. The molecule has 1 fully saturated rings. The predicted molar refractivity (Wildman–Crippen MR) is 118 cm³/mol. The number of hydrogen-bond acceptors (Lipinski definition) is 4. The van der Waals surface area contributed by atoms with Gasteiger partial charge in [0.15, 0.2) is 0 Å². The molecular formula is C23H25N3O3S. The van der Waals surface area contributed by atoms with Crippen LogP contribution in [0.25, 0.3) is 10.9 Å². The van der Waals surface area contributed by atoms with E-state index in [1.165, 1.54) is 4.31 Å². The molecule has 6 nitrogen and oxygen atoms in total. The average molecular weight is 424 g/mol. The summed E-state index contributed by atoms with van der Waals surface area (Å²) in [6.07, 6.45) is 2.82. The van der Waals surface area contributed by atoms with Gasteiger partial charge < -0.3 is 5.32 Å². The van der Waals surface area contributed by atoms with E-state index in [9.17, 15) is 13.2 Å². The number of sulfonamides is 1. The van der Waals surface area contributed by atoms with Gasteiger partial charge in [-0.3, -0.25) is 9.78 Å². The molecule has 1 amide bonds. The van der Waals surface area contributed by atoms with Gasteiger partial charge in [-0.25, -0.2) is 8.42 Å². The molecule has 1 atom stereocenters. The zero-order valence-corrected chi connectivity index (χ0v) is 18.2. The third-order valence-corrected chi connectivity index (χ3v) is 7.78. The molecule has 1 aromatic heterocycles. The van der Waals surface area contributed by atoms with Crippen molar-refractivity contribution in [3.63, 3.8) is 0 Å². The molecule has 30 heavy (non-hydrogen) atoms. The molecule has 2 aromatic carbocycles. The van der Waals surface area contributed by atoms with E-state index in [-0.39, 0.29) is 5.91 Å². The molecule has 2 heterocycles. The number of carbonyl (C=O) groups is 1. The lowest BCUT2D eigenvalue weighted by atomic mass is 10.1. The van der Waals surface area contributed by atoms with Crippen LogP contribution in [0.15, 0.2) is 53.6 Å². The van der Waals surface area contributed by atoms with Gasteiger partial charge in [-0.1, -0.05) is 35.9 Å². The minimum absolute atomic E-state index is 0.305. The van der Waals surface area contributed by atoms with Gasteiger partial charge in [-0.15, -0.1) is 0 Å². The summed E-state index contributed by atoms with van der Waals surface area (Å²) < 4.78 is 28.4. The summed E-state index contributed by atoms with van der Waals surface area (Å²) in [6, 6.07) is 12.3. The third-order valence-electron chi connectivity index (χ3n) is 5.57. The topological polar surface area (TPSA) is 79.4 Å². The maximum absolute atomic E-state index is 13.5. The number of nitrogens with zero attached hydrogens (tertiary/aromatic N) is 2. The van der Waals surface area contributed by atoms with Crippen molar-refractivity contribution >= 4 is 32.5 Å². The molecule has 1 aliphatic rings. The van der Waals surface area contributed by atoms with E-state index in [1.807, 2.05) is 43.3 Å². The Kier molecular flexibility index (Phi) is 5.34. The molecule has 1 saturated heterocycles. The van der Waals surface area contributed by atoms with E-state index < -0.39 is 16.1 Å². The zero-order valence-electron chi connectivity index (χ0n) is 17.3. The summed E-state index contributed by atoms with van der Waals surface area (Å²) in [5, 5.41) is 3.83. The maximum atomic E-state index is 13.5. The molecule has 3 aromatic rings. The van der Waals surface area contributed by atoms with Gasteiger partial charge in [-0.2, -0.15) is 4.31 Å². The Morgan fingerprint density at radius 2 is 1.80 bits per heavy atom. The van der Waals surface area contributed by atoms with Gasteiger partial charge in [0.1, 0.15) is 6.04 Å². The number of rotatable bonds is 4. The van der Waals surface area contributed by atoms with E-state index in [4.69, 9.17) is 0 Å². The van der Waals surface area contributed by atoms with Crippen LogP contribution in [0.2, 0.25) is 0 Å². The molecule has 7 heteroatoms. The van der Waals surface area contributed by atoms with E-state index in [2.05, 4.69) is 10.3 Å². The number of aromatic nitrogens is 1. The fourth-order valence-electron chi connectivity index (χ4n) is 4.40. The summed E-state index contributed by atoms with van der Waals surface area (Å²) in [7, 11) is -3.79. The Labute approximate surface area is 177 Å². The predicted octanol–water partition coefficient (Wildman–Crippen LogP) is 3.95. The van der Waals surface area contributed by atoms with Crippen molar-refractivity contribution < 1.29 is 13.2 Å². The molecule has 4 rings (SSSR count). The SMILES string of the molecule is Cc1cc(C)c(S(=O)(=O)N2CCCC2C(=O)Nc2cccc3cccnc23)c(C)c1. The highest BCUT2D eigenvalue weighted by Crippen LogP contribution is 2.31. The second-order valence-electron chi connectivity index (χ2n) is 7.87. The van der Waals surface area contributed by atoms with Gasteiger partial charge in [0.05, 0.1) is 16.1 Å². The lowest BCUT2D eigenvalue weighted by Crippen LogP contribution is -2.43. The fourth-order valence-corrected chi connectivity index (χ4v) is 6.47. The van der Waals surface area contributed by atoms with Crippen molar-refractivity contribution in [3.8, 4) is 0 Å². The van der Waals surface area contributed by atoms with Gasteiger partial charge >= 0.3 is 0 Å². The molecule has 0 spiro atoms. The Balaban J connectivity index is 1.66. The van der Waals surface area contributed by atoms with E-state index >= 15 is 0 Å². The number of aryl methyl sites for hydroxylation is 3. The van der Waals surface area contributed by atoms with Crippen LogP contribution < -0.4 is 5.32 Å². The number of fused-ring (bicyclic) bond motifs is 1. The van der Waals surface area contributed by atoms with Crippen molar-refractivity contribution in [2.24, 2.45) is 0 Å². The van der Waals surface area contributed by atoms with Crippen LogP contribution in [-0.2, 0) is 14.8 Å². The first-order valence-electron chi connectivity index (χ1n) is 10.0. The second-order valence-corrected chi connectivity index (χ2v) is 9.70. The normalized spacial score (nSPS) is 17.4. The zero-order chi connectivity index (χ0) is 21.5. The first-order chi connectivity index (χ1) is 14.3. The number of hydrogen-bond donors (Lipinski definition) is 1. The van der Waals surface area contributed by atoms with Crippen LogP contribution in [0, 0.1) is 20.8 Å². The first kappa shape index (κ1) is 20.5. The molecule has 1 unspecified atom stereocenters. The third kappa shape index (κ3) is 3.59. The number of para-hydroxylation sites is 1. The summed E-state index contributed by atoms with van der Waals surface area (Å²) in [5.41, 5.74) is 3.70. The minimum Gasteiger partial charge on any atom is -0.323 e. The number of anilines is 1. The van der Waals surface area contributed by atoms with Crippen LogP contribution in [-0.4, -0.2) is 36.2 Å². The molecule has 156 valence electrons. The van der Waals surface area contributed by atoms with Crippen molar-refractivity contribution in [1.82, 2.24) is 9.29 Å². The Morgan fingerprint density at radius 3 is 2.53 bits per heavy atom. The van der Waals surface area contributed by atoms with Gasteiger partial charge in [0.25, 0.3) is 0 Å². The summed E-state index contributed by atoms with van der Waals surface area (Å²) in [4.78, 5) is 17.8. The molecule has 1 N–H and O–H groups in total. The second kappa shape index (κ2) is 7.81. The largest absolute Gasteiger partial charge is 0.323 e. The number of pyridine rings is 1. The highest BCUT2D eigenvalue weighted by molar-refractivity contribution is 7.89. The summed E-state index contributed by atoms with van der Waals surface area (Å²) >= 11 is 0. The Bertz CT molecular complexity index is 1210. The molecule has 0 aliphatic carbocycles. The lowest BCUT2D eigenvalue weighted by Gasteiger charge is -2.25. The number of benzene rings is 2. The van der Waals surface area contributed by atoms with Crippen LogP contribution in [0.1, 0.15) is 29.5 Å². The fraction of sp³-hybridized carbons (Fsp3) is 0.304. The van der Waals surface area contributed by atoms with Gasteiger partial charge in [0, 0.05) is 18.1 Å². The highest BCUT2D eigenvalue weighted by Gasteiger charge is 2.40. The van der Waals surface area contributed by atoms with Crippen LogP contribution in [0.4, 0.5) is 5.69 Å². The van der Waals surface area contributed by atoms with Crippen LogP contribution >= 0.6 is 0 Å². The quantitative estimate of drug-likeness (QED) is 0.689.